The first-order valence-corrected chi connectivity index (χ1v) is 7.02. The zero-order valence-corrected chi connectivity index (χ0v) is 13.3. The second-order valence-electron chi connectivity index (χ2n) is 5.57. The van der Waals surface area contributed by atoms with Gasteiger partial charge in [-0.1, -0.05) is 13.8 Å². The Morgan fingerprint density at radius 1 is 1.00 bits per heavy atom. The smallest absolute Gasteiger partial charge is 0.326 e. The van der Waals surface area contributed by atoms with E-state index in [0.29, 0.717) is 0 Å². The van der Waals surface area contributed by atoms with Gasteiger partial charge >= 0.3 is 5.97 Å². The normalized spacial score (nSPS) is 16.1. The zero-order chi connectivity index (χ0) is 18.3. The first-order valence-electron chi connectivity index (χ1n) is 7.02. The first-order chi connectivity index (χ1) is 10.5. The van der Waals surface area contributed by atoms with Crippen LogP contribution in [-0.4, -0.2) is 58.1 Å². The minimum absolute atomic E-state index is 0.404. The Hall–Kier alpha value is -2.20. The van der Waals surface area contributed by atoms with E-state index in [1.807, 2.05) is 0 Å². The molecule has 0 rings (SSSR count). The van der Waals surface area contributed by atoms with Crippen molar-refractivity contribution in [1.29, 1.82) is 0 Å². The van der Waals surface area contributed by atoms with Gasteiger partial charge in [0.1, 0.15) is 12.1 Å². The van der Waals surface area contributed by atoms with E-state index < -0.39 is 60.3 Å². The molecule has 0 heterocycles. The van der Waals surface area contributed by atoms with Crippen molar-refractivity contribution in [2.45, 2.75) is 51.4 Å². The SMILES string of the molecule is CC(C)C(NC(=O)C(NC(=O)C(N)CC(N)=O)C(C)O)C(=O)O. The fourth-order valence-electron chi connectivity index (χ4n) is 1.73. The van der Waals surface area contributed by atoms with E-state index >= 15 is 0 Å². The summed E-state index contributed by atoms with van der Waals surface area (Å²) in [6.07, 6.45) is -1.73. The molecule has 0 aromatic heterocycles. The molecule has 0 saturated carbocycles. The molecular formula is C13H24N4O6. The molecule has 0 bridgehead atoms. The Morgan fingerprint density at radius 3 is 1.83 bits per heavy atom. The summed E-state index contributed by atoms with van der Waals surface area (Å²) in [5, 5.41) is 23.1. The number of carbonyl (C=O) groups is 4. The highest BCUT2D eigenvalue weighted by atomic mass is 16.4. The third-order valence-corrected chi connectivity index (χ3v) is 3.05. The number of aliphatic carboxylic acids is 1. The summed E-state index contributed by atoms with van der Waals surface area (Å²) in [6.45, 7) is 4.44. The summed E-state index contributed by atoms with van der Waals surface area (Å²) in [6, 6.07) is -3.87. The van der Waals surface area contributed by atoms with Gasteiger partial charge in [-0.3, -0.25) is 14.4 Å². The van der Waals surface area contributed by atoms with E-state index in [0.717, 1.165) is 0 Å². The van der Waals surface area contributed by atoms with Crippen molar-refractivity contribution < 1.29 is 29.4 Å². The number of nitrogens with one attached hydrogen (secondary N) is 2. The molecule has 0 fully saturated rings. The minimum Gasteiger partial charge on any atom is -0.480 e. The Bertz CT molecular complexity index is 465. The van der Waals surface area contributed by atoms with Crippen LogP contribution in [0, 0.1) is 5.92 Å². The van der Waals surface area contributed by atoms with Gasteiger partial charge in [0.05, 0.1) is 18.6 Å². The third kappa shape index (κ3) is 7.06. The van der Waals surface area contributed by atoms with Crippen LogP contribution in [0.25, 0.3) is 0 Å². The molecule has 3 amide bonds. The van der Waals surface area contributed by atoms with Crippen LogP contribution in [0.2, 0.25) is 0 Å². The molecule has 8 N–H and O–H groups in total. The number of hydrogen-bond acceptors (Lipinski definition) is 6. The molecule has 4 unspecified atom stereocenters. The second kappa shape index (κ2) is 9.06. The molecule has 4 atom stereocenters. The summed E-state index contributed by atoms with van der Waals surface area (Å²) in [4.78, 5) is 45.7. The molecule has 23 heavy (non-hydrogen) atoms. The number of carbonyl (C=O) groups excluding carboxylic acids is 3. The molecule has 0 aliphatic carbocycles. The van der Waals surface area contributed by atoms with Crippen LogP contribution in [0.15, 0.2) is 0 Å². The van der Waals surface area contributed by atoms with Gasteiger partial charge in [0, 0.05) is 0 Å². The Morgan fingerprint density at radius 2 is 1.48 bits per heavy atom. The monoisotopic (exact) mass is 332 g/mol. The van der Waals surface area contributed by atoms with E-state index in [2.05, 4.69) is 10.6 Å². The van der Waals surface area contributed by atoms with E-state index in [-0.39, 0.29) is 0 Å². The number of hydrogen-bond donors (Lipinski definition) is 6. The lowest BCUT2D eigenvalue weighted by molar-refractivity contribution is -0.144. The van der Waals surface area contributed by atoms with E-state index in [4.69, 9.17) is 16.6 Å². The van der Waals surface area contributed by atoms with E-state index in [9.17, 15) is 24.3 Å². The van der Waals surface area contributed by atoms with Gasteiger partial charge in [0.2, 0.25) is 17.7 Å². The number of amides is 3. The summed E-state index contributed by atoms with van der Waals surface area (Å²) in [5.74, 6) is -4.17. The van der Waals surface area contributed by atoms with Crippen molar-refractivity contribution in [3.05, 3.63) is 0 Å². The van der Waals surface area contributed by atoms with Crippen LogP contribution in [0.5, 0.6) is 0 Å². The highest BCUT2D eigenvalue weighted by Crippen LogP contribution is 2.04. The lowest BCUT2D eigenvalue weighted by Crippen LogP contribution is -2.59. The van der Waals surface area contributed by atoms with Crippen LogP contribution >= 0.6 is 0 Å². The predicted octanol–water partition coefficient (Wildman–Crippen LogP) is -2.72. The Balaban J connectivity index is 4.97. The standard InChI is InChI=1S/C13H24N4O6/c1-5(2)9(13(22)23)16-12(21)10(6(3)18)17-11(20)7(14)4-8(15)19/h5-7,9-10,18H,4,14H2,1-3H3,(H2,15,19)(H,16,21)(H,17,20)(H,22,23). The van der Waals surface area contributed by atoms with Crippen LogP contribution in [-0.2, 0) is 19.2 Å². The second-order valence-corrected chi connectivity index (χ2v) is 5.57. The number of aliphatic hydroxyl groups excluding tert-OH is 1. The van der Waals surface area contributed by atoms with Crippen molar-refractivity contribution in [3.63, 3.8) is 0 Å². The molecule has 0 aromatic rings. The van der Waals surface area contributed by atoms with Gasteiger partial charge < -0.3 is 32.3 Å². The molecule has 0 aromatic carbocycles. The number of carboxylic acid groups (broad SMARTS) is 1. The van der Waals surface area contributed by atoms with Gasteiger partial charge in [-0.05, 0) is 12.8 Å². The van der Waals surface area contributed by atoms with Gasteiger partial charge in [0.25, 0.3) is 0 Å². The molecule has 10 heteroatoms. The maximum Gasteiger partial charge on any atom is 0.326 e. The fraction of sp³-hybridized carbons (Fsp3) is 0.692. The number of nitrogens with two attached hydrogens (primary N) is 2. The molecule has 0 radical (unpaired) electrons. The van der Waals surface area contributed by atoms with Crippen molar-refractivity contribution in [2.75, 3.05) is 0 Å². The molecule has 0 spiro atoms. The number of aliphatic hydroxyl groups is 1. The molecule has 10 nitrogen and oxygen atoms in total. The van der Waals surface area contributed by atoms with Gasteiger partial charge in [-0.25, -0.2) is 4.79 Å². The highest BCUT2D eigenvalue weighted by molar-refractivity contribution is 5.93. The average molecular weight is 332 g/mol. The lowest BCUT2D eigenvalue weighted by Gasteiger charge is -2.25. The van der Waals surface area contributed by atoms with Crippen molar-refractivity contribution in [3.8, 4) is 0 Å². The zero-order valence-electron chi connectivity index (χ0n) is 13.3. The Kier molecular flexibility index (Phi) is 8.19. The number of primary amides is 1. The summed E-state index contributed by atoms with van der Waals surface area (Å²) in [7, 11) is 0. The quantitative estimate of drug-likeness (QED) is 0.265. The largest absolute Gasteiger partial charge is 0.480 e. The number of rotatable bonds is 9. The van der Waals surface area contributed by atoms with Gasteiger partial charge in [-0.15, -0.1) is 0 Å². The third-order valence-electron chi connectivity index (χ3n) is 3.05. The molecular weight excluding hydrogens is 308 g/mol. The highest BCUT2D eigenvalue weighted by Gasteiger charge is 2.32. The van der Waals surface area contributed by atoms with Gasteiger partial charge in [-0.2, -0.15) is 0 Å². The lowest BCUT2D eigenvalue weighted by atomic mass is 10.0. The summed E-state index contributed by atoms with van der Waals surface area (Å²) in [5.41, 5.74) is 10.4. The van der Waals surface area contributed by atoms with E-state index in [1.54, 1.807) is 13.8 Å². The number of carboxylic acids is 1. The van der Waals surface area contributed by atoms with Crippen molar-refractivity contribution in [2.24, 2.45) is 17.4 Å². The molecule has 0 aliphatic rings. The van der Waals surface area contributed by atoms with Crippen LogP contribution in [0.1, 0.15) is 27.2 Å². The summed E-state index contributed by atoms with van der Waals surface area (Å²) >= 11 is 0. The van der Waals surface area contributed by atoms with Crippen molar-refractivity contribution >= 4 is 23.7 Å². The fourth-order valence-corrected chi connectivity index (χ4v) is 1.73. The minimum atomic E-state index is -1.41. The average Bonchev–Trinajstić information content (AvgIpc) is 2.39. The van der Waals surface area contributed by atoms with Crippen LogP contribution < -0.4 is 22.1 Å². The summed E-state index contributed by atoms with van der Waals surface area (Å²) < 4.78 is 0. The van der Waals surface area contributed by atoms with Gasteiger partial charge in [0.15, 0.2) is 0 Å². The maximum atomic E-state index is 12.1. The first kappa shape index (κ1) is 20.8. The van der Waals surface area contributed by atoms with E-state index in [1.165, 1.54) is 6.92 Å². The molecule has 0 saturated heterocycles. The maximum absolute atomic E-state index is 12.1. The Labute approximate surface area is 133 Å². The molecule has 132 valence electrons. The topological polar surface area (TPSA) is 185 Å². The molecule has 0 aliphatic heterocycles. The van der Waals surface area contributed by atoms with Crippen LogP contribution in [0.3, 0.4) is 0 Å². The predicted molar refractivity (Wildman–Crippen MR) is 79.8 cm³/mol. The van der Waals surface area contributed by atoms with Crippen LogP contribution in [0.4, 0.5) is 0 Å². The van der Waals surface area contributed by atoms with Crippen molar-refractivity contribution in [1.82, 2.24) is 10.6 Å².